The van der Waals surface area contributed by atoms with E-state index >= 15 is 0 Å². The van der Waals surface area contributed by atoms with E-state index in [1.54, 1.807) is 23.2 Å². The van der Waals surface area contributed by atoms with Gasteiger partial charge in [-0.15, -0.1) is 0 Å². The third-order valence-corrected chi connectivity index (χ3v) is 4.59. The van der Waals surface area contributed by atoms with Gasteiger partial charge in [0.1, 0.15) is 23.6 Å². The molecule has 10 heteroatoms. The van der Waals surface area contributed by atoms with Gasteiger partial charge in [-0.25, -0.2) is 14.8 Å². The largest absolute Gasteiger partial charge is 0.486 e. The number of rotatable bonds is 3. The van der Waals surface area contributed by atoms with Crippen molar-refractivity contribution in [1.82, 2.24) is 15.2 Å². The van der Waals surface area contributed by atoms with Gasteiger partial charge in [0.15, 0.2) is 11.4 Å². The first kappa shape index (κ1) is 21.4. The Morgan fingerprint density at radius 3 is 2.90 bits per heavy atom. The number of amides is 1. The summed E-state index contributed by atoms with van der Waals surface area (Å²) in [4.78, 5) is 22.4. The van der Waals surface area contributed by atoms with Crippen molar-refractivity contribution < 1.29 is 14.3 Å². The highest BCUT2D eigenvalue weighted by molar-refractivity contribution is 5.92. The first-order valence-corrected chi connectivity index (χ1v) is 9.73. The highest BCUT2D eigenvalue weighted by atomic mass is 16.6. The van der Waals surface area contributed by atoms with Crippen LogP contribution in [0.15, 0.2) is 29.5 Å². The summed E-state index contributed by atoms with van der Waals surface area (Å²) in [6.45, 7) is 6.42. The molecule has 2 aliphatic rings. The molecule has 1 aromatic rings. The number of aromatic nitrogens is 1. The molecule has 2 aliphatic heterocycles. The first-order chi connectivity index (χ1) is 14.1. The second-order valence-corrected chi connectivity index (χ2v) is 8.27. The fourth-order valence-corrected chi connectivity index (χ4v) is 3.21. The number of carbonyl (C=O) groups excluding carboxylic acids is 1. The lowest BCUT2D eigenvalue weighted by atomic mass is 10.1. The Morgan fingerprint density at radius 2 is 2.23 bits per heavy atom. The lowest BCUT2D eigenvalue weighted by molar-refractivity contribution is 0.00767. The second kappa shape index (κ2) is 8.20. The highest BCUT2D eigenvalue weighted by Gasteiger charge is 2.31. The van der Waals surface area contributed by atoms with Gasteiger partial charge < -0.3 is 25.4 Å². The second-order valence-electron chi connectivity index (χ2n) is 8.27. The van der Waals surface area contributed by atoms with Crippen LogP contribution in [0.5, 0.6) is 5.75 Å². The highest BCUT2D eigenvalue weighted by Crippen LogP contribution is 2.27. The predicted octanol–water partition coefficient (Wildman–Crippen LogP) is 1.27. The molecular formula is C20H27N7O3. The van der Waals surface area contributed by atoms with E-state index < -0.39 is 11.4 Å². The van der Waals surface area contributed by atoms with Gasteiger partial charge in [0, 0.05) is 24.5 Å². The summed E-state index contributed by atoms with van der Waals surface area (Å²) in [6.07, 6.45) is 5.45. The Morgan fingerprint density at radius 1 is 1.47 bits per heavy atom. The zero-order chi connectivity index (χ0) is 21.9. The van der Waals surface area contributed by atoms with Crippen molar-refractivity contribution in [2.45, 2.75) is 51.1 Å². The maximum atomic E-state index is 12.4. The van der Waals surface area contributed by atoms with Gasteiger partial charge in [0.2, 0.25) is 5.79 Å². The minimum Gasteiger partial charge on any atom is -0.486 e. The van der Waals surface area contributed by atoms with Crippen molar-refractivity contribution >= 4 is 11.9 Å². The van der Waals surface area contributed by atoms with Gasteiger partial charge in [0.25, 0.3) is 0 Å². The van der Waals surface area contributed by atoms with Crippen LogP contribution in [0.4, 0.5) is 4.79 Å². The van der Waals surface area contributed by atoms with Crippen LogP contribution in [-0.4, -0.2) is 46.6 Å². The van der Waals surface area contributed by atoms with Gasteiger partial charge in [-0.3, -0.25) is 5.73 Å². The fourth-order valence-electron chi connectivity index (χ4n) is 3.21. The fraction of sp³-hybridized carbons (Fsp3) is 0.500. The standard InChI is InChI=1S/C20H27N7O3/c1-19(2,3)30-18(28)27-8-4-5-14(12-27)29-16-9-13(11-24-15(16)10-21)20(23)25-7-6-17(22)26-20/h6-7,9,11,14,25H,4-5,8,12,23H2,1-3H3,(H2,22,26). The summed E-state index contributed by atoms with van der Waals surface area (Å²) in [5.41, 5.74) is 12.1. The maximum absolute atomic E-state index is 12.4. The summed E-state index contributed by atoms with van der Waals surface area (Å²) < 4.78 is 11.5. The first-order valence-electron chi connectivity index (χ1n) is 9.73. The van der Waals surface area contributed by atoms with E-state index in [2.05, 4.69) is 15.3 Å². The number of piperidine rings is 1. The molecule has 1 aromatic heterocycles. The molecule has 1 amide bonds. The van der Waals surface area contributed by atoms with Crippen molar-refractivity contribution in [3.63, 3.8) is 0 Å². The zero-order valence-corrected chi connectivity index (χ0v) is 17.4. The average Bonchev–Trinajstić information content (AvgIpc) is 2.66. The molecule has 30 heavy (non-hydrogen) atoms. The van der Waals surface area contributed by atoms with E-state index in [9.17, 15) is 10.1 Å². The molecule has 3 heterocycles. The van der Waals surface area contributed by atoms with Crippen LogP contribution in [0.1, 0.15) is 44.9 Å². The van der Waals surface area contributed by atoms with Crippen LogP contribution in [0.25, 0.3) is 0 Å². The number of likely N-dealkylation sites (tertiary alicyclic amines) is 1. The lowest BCUT2D eigenvalue weighted by Crippen LogP contribution is -2.49. The van der Waals surface area contributed by atoms with Crippen molar-refractivity contribution in [1.29, 1.82) is 5.26 Å². The molecule has 0 aliphatic carbocycles. The number of nitriles is 1. The van der Waals surface area contributed by atoms with Crippen LogP contribution in [0, 0.1) is 11.3 Å². The summed E-state index contributed by atoms with van der Waals surface area (Å²) in [6, 6.07) is 3.65. The predicted molar refractivity (Wildman–Crippen MR) is 110 cm³/mol. The van der Waals surface area contributed by atoms with E-state index in [1.165, 1.54) is 6.20 Å². The van der Waals surface area contributed by atoms with Crippen molar-refractivity contribution in [3.8, 4) is 11.8 Å². The molecule has 2 unspecified atom stereocenters. The minimum absolute atomic E-state index is 0.125. The minimum atomic E-state index is -1.31. The maximum Gasteiger partial charge on any atom is 0.410 e. The molecule has 0 bridgehead atoms. The van der Waals surface area contributed by atoms with Crippen LogP contribution in [-0.2, 0) is 10.5 Å². The molecule has 0 radical (unpaired) electrons. The van der Waals surface area contributed by atoms with E-state index in [1.807, 2.05) is 26.8 Å². The Balaban J connectivity index is 1.78. The van der Waals surface area contributed by atoms with Crippen LogP contribution < -0.4 is 21.5 Å². The number of hydrogen-bond acceptors (Lipinski definition) is 9. The Kier molecular flexibility index (Phi) is 5.85. The third-order valence-electron chi connectivity index (χ3n) is 4.59. The average molecular weight is 413 g/mol. The number of nitrogens with two attached hydrogens (primary N) is 2. The number of ether oxygens (including phenoxy) is 2. The van der Waals surface area contributed by atoms with Crippen molar-refractivity contribution in [2.24, 2.45) is 16.5 Å². The third kappa shape index (κ3) is 4.99. The topological polar surface area (TPSA) is 152 Å². The number of hydrogen-bond donors (Lipinski definition) is 3. The van der Waals surface area contributed by atoms with Crippen LogP contribution in [0.3, 0.4) is 0 Å². The van der Waals surface area contributed by atoms with Crippen LogP contribution >= 0.6 is 0 Å². The van der Waals surface area contributed by atoms with Crippen molar-refractivity contribution in [2.75, 3.05) is 13.1 Å². The van der Waals surface area contributed by atoms with Crippen molar-refractivity contribution in [3.05, 3.63) is 35.8 Å². The lowest BCUT2D eigenvalue weighted by Gasteiger charge is -2.34. The van der Waals surface area contributed by atoms with Gasteiger partial charge in [-0.2, -0.15) is 5.26 Å². The van der Waals surface area contributed by atoms with E-state index in [0.717, 1.165) is 12.8 Å². The molecule has 0 spiro atoms. The van der Waals surface area contributed by atoms with Gasteiger partial charge in [-0.05, 0) is 45.8 Å². The molecule has 160 valence electrons. The van der Waals surface area contributed by atoms with E-state index in [0.29, 0.717) is 18.7 Å². The molecule has 1 fully saturated rings. The Labute approximate surface area is 175 Å². The summed E-state index contributed by atoms with van der Waals surface area (Å²) >= 11 is 0. The van der Waals surface area contributed by atoms with E-state index in [-0.39, 0.29) is 29.5 Å². The number of nitrogens with zero attached hydrogens (tertiary/aromatic N) is 4. The molecule has 5 N–H and O–H groups in total. The SMILES string of the molecule is CC(C)(C)OC(=O)N1CCCC(Oc2cc(C3(N)N=C(N)C=CN3)cnc2C#N)C1. The molecule has 1 saturated heterocycles. The molecule has 3 rings (SSSR count). The van der Waals surface area contributed by atoms with Gasteiger partial charge in [-0.1, -0.05) is 0 Å². The molecule has 0 saturated carbocycles. The molecule has 10 nitrogen and oxygen atoms in total. The number of amidine groups is 1. The van der Waals surface area contributed by atoms with E-state index in [4.69, 9.17) is 20.9 Å². The van der Waals surface area contributed by atoms with Gasteiger partial charge in [0.05, 0.1) is 6.54 Å². The quantitative estimate of drug-likeness (QED) is 0.670. The summed E-state index contributed by atoms with van der Waals surface area (Å²) in [7, 11) is 0. The summed E-state index contributed by atoms with van der Waals surface area (Å²) in [5.74, 6) is -0.767. The molecule has 0 aromatic carbocycles. The number of carbonyl (C=O) groups is 1. The Hall–Kier alpha value is -3.32. The van der Waals surface area contributed by atoms with Gasteiger partial charge >= 0.3 is 6.09 Å². The summed E-state index contributed by atoms with van der Waals surface area (Å²) in [5, 5.41) is 12.4. The molecular weight excluding hydrogens is 386 g/mol. The smallest absolute Gasteiger partial charge is 0.410 e. The van der Waals surface area contributed by atoms with Crippen LogP contribution in [0.2, 0.25) is 0 Å². The normalized spacial score (nSPS) is 23.8. The number of aliphatic imine (C=N–C) groups is 1. The molecule has 2 atom stereocenters. The number of nitrogens with one attached hydrogen (secondary N) is 1. The number of pyridine rings is 1. The Bertz CT molecular complexity index is 916. The zero-order valence-electron chi connectivity index (χ0n) is 17.4. The monoisotopic (exact) mass is 413 g/mol.